The summed E-state index contributed by atoms with van der Waals surface area (Å²) in [5.41, 5.74) is 0. The Morgan fingerprint density at radius 1 is 1.53 bits per heavy atom. The summed E-state index contributed by atoms with van der Waals surface area (Å²) in [5.74, 6) is 2.67. The number of terminal acetylenes is 1. The summed E-state index contributed by atoms with van der Waals surface area (Å²) in [6.07, 6.45) is 6.76. The number of hydrogen-bond donors (Lipinski definition) is 1. The fourth-order valence-electron chi connectivity index (χ4n) is 1.53. The number of sulfone groups is 1. The lowest BCUT2D eigenvalue weighted by Gasteiger charge is -2.09. The number of hydrogen-bond acceptors (Lipinski definition) is 4. The Balaban J connectivity index is 2.22. The predicted octanol–water partition coefficient (Wildman–Crippen LogP) is -0.197. The van der Waals surface area contributed by atoms with E-state index in [1.807, 2.05) is 0 Å². The molecule has 1 N–H and O–H groups in total. The minimum Gasteiger partial charge on any atom is -0.377 e. The Bertz CT molecular complexity index is 312. The van der Waals surface area contributed by atoms with E-state index in [-0.39, 0.29) is 17.6 Å². The van der Waals surface area contributed by atoms with Gasteiger partial charge in [-0.2, -0.15) is 0 Å². The third-order valence-corrected chi connectivity index (χ3v) is 3.99. The molecular weight excluding hydrogens is 214 g/mol. The predicted molar refractivity (Wildman–Crippen MR) is 59.3 cm³/mol. The fourth-order valence-corrected chi connectivity index (χ4v) is 2.98. The molecule has 0 spiro atoms. The van der Waals surface area contributed by atoms with Crippen molar-refractivity contribution in [3.63, 3.8) is 0 Å². The Labute approximate surface area is 91.3 Å². The smallest absolute Gasteiger partial charge is 0.154 e. The van der Waals surface area contributed by atoms with Crippen LogP contribution in [-0.4, -0.2) is 45.7 Å². The molecule has 0 aliphatic carbocycles. The Morgan fingerprint density at radius 2 is 2.33 bits per heavy atom. The van der Waals surface area contributed by atoms with E-state index < -0.39 is 9.84 Å². The van der Waals surface area contributed by atoms with Crippen LogP contribution in [0.5, 0.6) is 0 Å². The van der Waals surface area contributed by atoms with Crippen LogP contribution in [0.2, 0.25) is 0 Å². The molecule has 15 heavy (non-hydrogen) atoms. The van der Waals surface area contributed by atoms with E-state index in [0.717, 1.165) is 12.8 Å². The van der Waals surface area contributed by atoms with E-state index in [4.69, 9.17) is 11.2 Å². The highest BCUT2D eigenvalue weighted by molar-refractivity contribution is 7.91. The molecule has 86 valence electrons. The Kier molecular flexibility index (Phi) is 5.09. The SMILES string of the molecule is C#CCNCCS(=O)(=O)CC1CCCO1. The maximum absolute atomic E-state index is 11.6. The largest absolute Gasteiger partial charge is 0.377 e. The second-order valence-corrected chi connectivity index (χ2v) is 5.86. The van der Waals surface area contributed by atoms with Crippen LogP contribution in [0.25, 0.3) is 0 Å². The molecule has 0 aromatic heterocycles. The first kappa shape index (κ1) is 12.5. The second kappa shape index (κ2) is 6.11. The van der Waals surface area contributed by atoms with Crippen molar-refractivity contribution in [2.45, 2.75) is 18.9 Å². The molecule has 1 saturated heterocycles. The highest BCUT2D eigenvalue weighted by Gasteiger charge is 2.22. The van der Waals surface area contributed by atoms with Crippen LogP contribution in [-0.2, 0) is 14.6 Å². The van der Waals surface area contributed by atoms with Crippen LogP contribution in [0.4, 0.5) is 0 Å². The average molecular weight is 231 g/mol. The minimum atomic E-state index is -3.00. The molecular formula is C10H17NO3S. The molecule has 5 heteroatoms. The van der Waals surface area contributed by atoms with Crippen molar-refractivity contribution >= 4 is 9.84 Å². The van der Waals surface area contributed by atoms with Crippen molar-refractivity contribution in [2.75, 3.05) is 31.2 Å². The Hall–Kier alpha value is -0.570. The van der Waals surface area contributed by atoms with Gasteiger partial charge in [0, 0.05) is 13.2 Å². The molecule has 0 aromatic rings. The quantitative estimate of drug-likeness (QED) is 0.508. The molecule has 1 atom stereocenters. The highest BCUT2D eigenvalue weighted by atomic mass is 32.2. The van der Waals surface area contributed by atoms with Gasteiger partial charge >= 0.3 is 0 Å². The maximum Gasteiger partial charge on any atom is 0.154 e. The van der Waals surface area contributed by atoms with Crippen LogP contribution >= 0.6 is 0 Å². The van der Waals surface area contributed by atoms with Gasteiger partial charge in [0.25, 0.3) is 0 Å². The second-order valence-electron chi connectivity index (χ2n) is 3.63. The molecule has 1 unspecified atom stereocenters. The van der Waals surface area contributed by atoms with E-state index in [1.165, 1.54) is 0 Å². The summed E-state index contributed by atoms with van der Waals surface area (Å²) < 4.78 is 28.4. The Morgan fingerprint density at radius 3 is 2.93 bits per heavy atom. The summed E-state index contributed by atoms with van der Waals surface area (Å²) >= 11 is 0. The van der Waals surface area contributed by atoms with Crippen LogP contribution in [0, 0.1) is 12.3 Å². The van der Waals surface area contributed by atoms with Gasteiger partial charge in [0.2, 0.25) is 0 Å². The van der Waals surface area contributed by atoms with Gasteiger partial charge < -0.3 is 10.1 Å². The van der Waals surface area contributed by atoms with Crippen LogP contribution in [0.3, 0.4) is 0 Å². The van der Waals surface area contributed by atoms with Gasteiger partial charge in [-0.15, -0.1) is 6.42 Å². The third kappa shape index (κ3) is 5.17. The maximum atomic E-state index is 11.6. The first-order valence-electron chi connectivity index (χ1n) is 5.10. The van der Waals surface area contributed by atoms with Crippen molar-refractivity contribution < 1.29 is 13.2 Å². The standard InChI is InChI=1S/C10H17NO3S/c1-2-5-11-6-8-15(12,13)9-10-4-3-7-14-10/h1,10-11H,3-9H2. The molecule has 0 amide bonds. The first-order chi connectivity index (χ1) is 7.14. The summed E-state index contributed by atoms with van der Waals surface area (Å²) in [5, 5.41) is 2.86. The van der Waals surface area contributed by atoms with Crippen molar-refractivity contribution in [2.24, 2.45) is 0 Å². The van der Waals surface area contributed by atoms with Crippen molar-refractivity contribution in [3.05, 3.63) is 0 Å². The van der Waals surface area contributed by atoms with Crippen molar-refractivity contribution in [3.8, 4) is 12.3 Å². The van der Waals surface area contributed by atoms with Crippen LogP contribution in [0.1, 0.15) is 12.8 Å². The van der Waals surface area contributed by atoms with Crippen LogP contribution in [0.15, 0.2) is 0 Å². The molecule has 0 aromatic carbocycles. The molecule has 1 heterocycles. The summed E-state index contributed by atoms with van der Waals surface area (Å²) in [6, 6.07) is 0. The first-order valence-corrected chi connectivity index (χ1v) is 6.92. The van der Waals surface area contributed by atoms with Gasteiger partial charge in [-0.1, -0.05) is 5.92 Å². The van der Waals surface area contributed by atoms with E-state index in [0.29, 0.717) is 19.7 Å². The van der Waals surface area contributed by atoms with E-state index in [9.17, 15) is 8.42 Å². The molecule has 0 radical (unpaired) electrons. The molecule has 0 bridgehead atoms. The van der Waals surface area contributed by atoms with Gasteiger partial charge in [-0.05, 0) is 12.8 Å². The van der Waals surface area contributed by atoms with Gasteiger partial charge in [0.15, 0.2) is 9.84 Å². The zero-order valence-corrected chi connectivity index (χ0v) is 9.55. The average Bonchev–Trinajstić information content (AvgIpc) is 2.64. The lowest BCUT2D eigenvalue weighted by molar-refractivity contribution is 0.127. The van der Waals surface area contributed by atoms with Gasteiger partial charge in [0.1, 0.15) is 0 Å². The van der Waals surface area contributed by atoms with Gasteiger partial charge in [-0.25, -0.2) is 8.42 Å². The molecule has 1 rings (SSSR count). The molecule has 1 fully saturated rings. The number of ether oxygens (including phenoxy) is 1. The van der Waals surface area contributed by atoms with Gasteiger partial charge in [-0.3, -0.25) is 0 Å². The van der Waals surface area contributed by atoms with Gasteiger partial charge in [0.05, 0.1) is 24.2 Å². The molecule has 4 nitrogen and oxygen atoms in total. The molecule has 1 aliphatic rings. The van der Waals surface area contributed by atoms with E-state index in [2.05, 4.69) is 11.2 Å². The monoisotopic (exact) mass is 231 g/mol. The summed E-state index contributed by atoms with van der Waals surface area (Å²) in [4.78, 5) is 0. The normalized spacial score (nSPS) is 21.4. The number of nitrogens with one attached hydrogen (secondary N) is 1. The lowest BCUT2D eigenvalue weighted by atomic mass is 10.3. The zero-order valence-electron chi connectivity index (χ0n) is 8.74. The van der Waals surface area contributed by atoms with E-state index >= 15 is 0 Å². The molecule has 0 saturated carbocycles. The third-order valence-electron chi connectivity index (χ3n) is 2.28. The minimum absolute atomic E-state index is 0.0948. The summed E-state index contributed by atoms with van der Waals surface area (Å²) in [7, 11) is -3.00. The molecule has 1 aliphatic heterocycles. The van der Waals surface area contributed by atoms with Crippen molar-refractivity contribution in [1.82, 2.24) is 5.32 Å². The highest BCUT2D eigenvalue weighted by Crippen LogP contribution is 2.13. The number of rotatable bonds is 6. The van der Waals surface area contributed by atoms with Crippen molar-refractivity contribution in [1.29, 1.82) is 0 Å². The van der Waals surface area contributed by atoms with E-state index in [1.54, 1.807) is 0 Å². The lowest BCUT2D eigenvalue weighted by Crippen LogP contribution is -2.28. The summed E-state index contributed by atoms with van der Waals surface area (Å²) in [6.45, 7) is 1.52. The van der Waals surface area contributed by atoms with Crippen LogP contribution < -0.4 is 5.32 Å². The topological polar surface area (TPSA) is 55.4 Å². The zero-order chi connectivity index (χ0) is 11.1. The fraction of sp³-hybridized carbons (Fsp3) is 0.800.